The van der Waals surface area contributed by atoms with Crippen molar-refractivity contribution < 1.29 is 24.6 Å². The molecule has 9 heteroatoms. The van der Waals surface area contributed by atoms with E-state index in [1.807, 2.05) is 17.5 Å². The van der Waals surface area contributed by atoms with Crippen LogP contribution in [0.4, 0.5) is 0 Å². The van der Waals surface area contributed by atoms with E-state index in [0.29, 0.717) is 0 Å². The van der Waals surface area contributed by atoms with Gasteiger partial charge in [0, 0.05) is 10.6 Å². The normalized spacial score (nSPS) is 23.3. The first-order valence-electron chi connectivity index (χ1n) is 6.83. The molecule has 0 radical (unpaired) electrons. The fraction of sp³-hybridized carbons (Fsp3) is 0.357. The van der Waals surface area contributed by atoms with Crippen molar-refractivity contribution in [1.82, 2.24) is 10.2 Å². The Morgan fingerprint density at radius 2 is 2.26 bits per heavy atom. The Hall–Kier alpha value is -1.84. The van der Waals surface area contributed by atoms with E-state index in [9.17, 15) is 24.6 Å². The van der Waals surface area contributed by atoms with Gasteiger partial charge in [-0.25, -0.2) is 0 Å². The summed E-state index contributed by atoms with van der Waals surface area (Å²) in [4.78, 5) is 37.4. The number of amides is 2. The van der Waals surface area contributed by atoms with Crippen LogP contribution in [0.1, 0.15) is 4.88 Å². The first kappa shape index (κ1) is 16.0. The molecular weight excluding hydrogens is 340 g/mol. The van der Waals surface area contributed by atoms with Crippen molar-refractivity contribution in [2.24, 2.45) is 0 Å². The summed E-state index contributed by atoms with van der Waals surface area (Å²) < 4.78 is 0. The number of nitrogens with zero attached hydrogens (tertiary/aromatic N) is 1. The predicted molar refractivity (Wildman–Crippen MR) is 82.2 cm³/mol. The van der Waals surface area contributed by atoms with Crippen molar-refractivity contribution in [2.45, 2.75) is 17.8 Å². The Bertz CT molecular complexity index is 685. The standard InChI is InChI=1S/C14H14N2O5S2/c17-5-7-6-23-13-10(12(19)16(13)11(7)14(20)21)15-9(18)4-8-2-1-3-22-8/h1-3,10,13,17H,4-6H2,(H,15,18)(H,20,21)/p-1/t10-,13-/m1/s1. The van der Waals surface area contributed by atoms with Gasteiger partial charge in [-0.2, -0.15) is 0 Å². The highest BCUT2D eigenvalue weighted by atomic mass is 32.2. The van der Waals surface area contributed by atoms with E-state index in [0.717, 1.165) is 9.78 Å². The lowest BCUT2D eigenvalue weighted by Crippen LogP contribution is -2.71. The van der Waals surface area contributed by atoms with Gasteiger partial charge in [-0.3, -0.25) is 14.5 Å². The minimum atomic E-state index is -1.49. The lowest BCUT2D eigenvalue weighted by Gasteiger charge is -2.50. The van der Waals surface area contributed by atoms with Crippen LogP contribution in [0, 0.1) is 0 Å². The molecule has 2 amide bonds. The summed E-state index contributed by atoms with van der Waals surface area (Å²) in [5.74, 6) is -1.98. The molecule has 2 atom stereocenters. The highest BCUT2D eigenvalue weighted by Crippen LogP contribution is 2.39. The Morgan fingerprint density at radius 1 is 1.48 bits per heavy atom. The van der Waals surface area contributed by atoms with Crippen molar-refractivity contribution in [3.8, 4) is 0 Å². The van der Waals surface area contributed by atoms with Crippen molar-refractivity contribution >= 4 is 40.9 Å². The fourth-order valence-corrected chi connectivity index (χ4v) is 4.63. The summed E-state index contributed by atoms with van der Waals surface area (Å²) >= 11 is 2.77. The molecule has 0 spiro atoms. The van der Waals surface area contributed by atoms with E-state index in [1.165, 1.54) is 23.1 Å². The number of carbonyl (C=O) groups is 3. The number of aliphatic hydroxyl groups is 1. The van der Waals surface area contributed by atoms with Gasteiger partial charge < -0.3 is 20.3 Å². The van der Waals surface area contributed by atoms with Crippen molar-refractivity contribution in [2.75, 3.05) is 12.4 Å². The third-order valence-corrected chi connectivity index (χ3v) is 5.88. The molecule has 0 saturated carbocycles. The second-order valence-electron chi connectivity index (χ2n) is 5.11. The van der Waals surface area contributed by atoms with Crippen LogP contribution in [0.15, 0.2) is 28.8 Å². The molecule has 3 heterocycles. The number of rotatable bonds is 5. The van der Waals surface area contributed by atoms with Crippen LogP contribution < -0.4 is 10.4 Å². The highest BCUT2D eigenvalue weighted by Gasteiger charge is 2.52. The SMILES string of the molecule is O=C(Cc1cccs1)N[C@@H]1C(=O)N2C(C(=O)[O-])=C(CO)CS[C@H]12. The number of β-lactam (4-membered cyclic amide) rings is 1. The fourth-order valence-electron chi connectivity index (χ4n) is 2.59. The number of nitrogens with one attached hydrogen (secondary N) is 1. The van der Waals surface area contributed by atoms with Crippen LogP contribution in [0.5, 0.6) is 0 Å². The van der Waals surface area contributed by atoms with Gasteiger partial charge in [-0.05, 0) is 17.0 Å². The van der Waals surface area contributed by atoms with Crippen LogP contribution in [-0.4, -0.2) is 51.6 Å². The number of aliphatic carboxylic acids is 1. The molecule has 3 rings (SSSR count). The van der Waals surface area contributed by atoms with E-state index in [4.69, 9.17) is 0 Å². The Morgan fingerprint density at radius 3 is 2.87 bits per heavy atom. The summed E-state index contributed by atoms with van der Waals surface area (Å²) in [6, 6.07) is 2.93. The van der Waals surface area contributed by atoms with Crippen LogP contribution in [-0.2, 0) is 20.8 Å². The molecule has 23 heavy (non-hydrogen) atoms. The van der Waals surface area contributed by atoms with Crippen LogP contribution in [0.25, 0.3) is 0 Å². The molecule has 0 unspecified atom stereocenters. The zero-order valence-electron chi connectivity index (χ0n) is 11.9. The molecule has 2 aliphatic rings. The number of thiophene rings is 1. The van der Waals surface area contributed by atoms with Crippen LogP contribution >= 0.6 is 23.1 Å². The molecular formula is C14H13N2O5S2-. The molecule has 1 aromatic rings. The Kier molecular flexibility index (Phi) is 4.42. The molecule has 2 N–H and O–H groups in total. The minimum absolute atomic E-state index is 0.184. The van der Waals surface area contributed by atoms with Crippen molar-refractivity contribution in [1.29, 1.82) is 0 Å². The maximum atomic E-state index is 12.2. The lowest BCUT2D eigenvalue weighted by molar-refractivity contribution is -0.301. The van der Waals surface area contributed by atoms with Crippen LogP contribution in [0.2, 0.25) is 0 Å². The number of hydrogen-bond donors (Lipinski definition) is 2. The number of thioether (sulfide) groups is 1. The molecule has 7 nitrogen and oxygen atoms in total. The summed E-state index contributed by atoms with van der Waals surface area (Å²) in [5.41, 5.74) is -0.0204. The zero-order valence-corrected chi connectivity index (χ0v) is 13.5. The molecule has 0 aliphatic carbocycles. The number of hydrogen-bond acceptors (Lipinski definition) is 7. The van der Waals surface area contributed by atoms with Gasteiger partial charge in [-0.1, -0.05) is 6.07 Å². The maximum Gasteiger partial charge on any atom is 0.253 e. The van der Waals surface area contributed by atoms with Gasteiger partial charge in [0.1, 0.15) is 11.4 Å². The van der Waals surface area contributed by atoms with Gasteiger partial charge >= 0.3 is 0 Å². The number of carboxylic acids is 1. The quantitative estimate of drug-likeness (QED) is 0.636. The summed E-state index contributed by atoms with van der Waals surface area (Å²) in [6.45, 7) is -0.442. The van der Waals surface area contributed by atoms with Gasteiger partial charge in [0.25, 0.3) is 5.91 Å². The monoisotopic (exact) mass is 353 g/mol. The summed E-state index contributed by atoms with van der Waals surface area (Å²) in [5, 5.41) is 24.5. The van der Waals surface area contributed by atoms with E-state index < -0.39 is 29.9 Å². The third kappa shape index (κ3) is 2.87. The molecule has 1 fully saturated rings. The van der Waals surface area contributed by atoms with E-state index in [2.05, 4.69) is 5.32 Å². The average molecular weight is 353 g/mol. The minimum Gasteiger partial charge on any atom is -0.543 e. The molecule has 122 valence electrons. The average Bonchev–Trinajstić information content (AvgIpc) is 3.03. The first-order valence-corrected chi connectivity index (χ1v) is 8.76. The lowest BCUT2D eigenvalue weighted by atomic mass is 10.0. The smallest absolute Gasteiger partial charge is 0.253 e. The largest absolute Gasteiger partial charge is 0.543 e. The summed E-state index contributed by atoms with van der Waals surface area (Å²) in [7, 11) is 0. The number of carbonyl (C=O) groups excluding carboxylic acids is 3. The van der Waals surface area contributed by atoms with Gasteiger partial charge in [0.05, 0.1) is 24.7 Å². The van der Waals surface area contributed by atoms with E-state index in [-0.39, 0.29) is 29.4 Å². The second kappa shape index (κ2) is 6.34. The zero-order chi connectivity index (χ0) is 16.6. The molecule has 2 aliphatic heterocycles. The maximum absolute atomic E-state index is 12.2. The van der Waals surface area contributed by atoms with E-state index >= 15 is 0 Å². The van der Waals surface area contributed by atoms with Crippen LogP contribution in [0.3, 0.4) is 0 Å². The number of carboxylic acid groups (broad SMARTS) is 1. The highest BCUT2D eigenvalue weighted by molar-refractivity contribution is 8.00. The molecule has 0 bridgehead atoms. The molecule has 1 saturated heterocycles. The molecule has 0 aromatic carbocycles. The van der Waals surface area contributed by atoms with Gasteiger partial charge in [0.15, 0.2) is 0 Å². The number of aliphatic hydroxyl groups excluding tert-OH is 1. The van der Waals surface area contributed by atoms with Crippen molar-refractivity contribution in [3.63, 3.8) is 0 Å². The first-order chi connectivity index (χ1) is 11.0. The second-order valence-corrected chi connectivity index (χ2v) is 7.25. The summed E-state index contributed by atoms with van der Waals surface area (Å²) in [6.07, 6.45) is 0.184. The van der Waals surface area contributed by atoms with Gasteiger partial charge in [0.2, 0.25) is 5.91 Å². The Labute approximate surface area is 140 Å². The van der Waals surface area contributed by atoms with E-state index in [1.54, 1.807) is 0 Å². The molecule has 1 aromatic heterocycles. The topological polar surface area (TPSA) is 110 Å². The third-order valence-electron chi connectivity index (χ3n) is 3.66. The van der Waals surface area contributed by atoms with Crippen molar-refractivity contribution in [3.05, 3.63) is 33.7 Å². The van der Waals surface area contributed by atoms with Gasteiger partial charge in [-0.15, -0.1) is 23.1 Å². The Balaban J connectivity index is 1.69. The number of fused-ring (bicyclic) bond motifs is 1. The predicted octanol–water partition coefficient (Wildman–Crippen LogP) is -1.31.